The highest BCUT2D eigenvalue weighted by Gasteiger charge is 2.32. The number of hydrogen-bond donors (Lipinski definition) is 1. The minimum Gasteiger partial charge on any atom is -0.373 e. The minimum absolute atomic E-state index is 0.227. The summed E-state index contributed by atoms with van der Waals surface area (Å²) in [7, 11) is 0. The van der Waals surface area contributed by atoms with Gasteiger partial charge in [0.05, 0.1) is 12.7 Å². The standard InChI is InChI=1S/C11H20ClNO/c1-9(6-12)7-14-10-4-5-13-8-11(10,2)3/h6,10,13H,4-5,7-8H2,1-3H3/b9-6+. The normalized spacial score (nSPS) is 27.7. The molecule has 0 aliphatic carbocycles. The van der Waals surface area contributed by atoms with E-state index in [-0.39, 0.29) is 5.41 Å². The second-order valence-electron chi connectivity index (χ2n) is 4.71. The molecule has 1 aliphatic heterocycles. The Hall–Kier alpha value is -0.0500. The van der Waals surface area contributed by atoms with Crippen molar-refractivity contribution in [3.8, 4) is 0 Å². The molecule has 0 spiro atoms. The number of halogens is 1. The lowest BCUT2D eigenvalue weighted by Gasteiger charge is -2.38. The van der Waals surface area contributed by atoms with Crippen molar-refractivity contribution in [2.24, 2.45) is 5.41 Å². The summed E-state index contributed by atoms with van der Waals surface area (Å²) in [6.45, 7) is 9.20. The van der Waals surface area contributed by atoms with Crippen molar-refractivity contribution in [3.63, 3.8) is 0 Å². The molecule has 1 aliphatic rings. The molecule has 0 radical (unpaired) electrons. The first kappa shape index (κ1) is 12.0. The molecule has 1 rings (SSSR count). The molecule has 1 saturated heterocycles. The predicted molar refractivity (Wildman–Crippen MR) is 60.6 cm³/mol. The van der Waals surface area contributed by atoms with Gasteiger partial charge in [0.1, 0.15) is 0 Å². The van der Waals surface area contributed by atoms with Gasteiger partial charge in [-0.3, -0.25) is 0 Å². The first-order valence-corrected chi connectivity index (χ1v) is 5.58. The average molecular weight is 218 g/mol. The lowest BCUT2D eigenvalue weighted by atomic mass is 9.82. The zero-order valence-corrected chi connectivity index (χ0v) is 10.0. The van der Waals surface area contributed by atoms with Gasteiger partial charge in [-0.1, -0.05) is 25.4 Å². The van der Waals surface area contributed by atoms with Crippen molar-refractivity contribution in [1.82, 2.24) is 5.32 Å². The van der Waals surface area contributed by atoms with E-state index in [1.54, 1.807) is 5.54 Å². The Morgan fingerprint density at radius 2 is 2.36 bits per heavy atom. The van der Waals surface area contributed by atoms with Gasteiger partial charge < -0.3 is 10.1 Å². The third kappa shape index (κ3) is 3.26. The highest BCUT2D eigenvalue weighted by molar-refractivity contribution is 6.25. The van der Waals surface area contributed by atoms with Gasteiger partial charge in [-0.2, -0.15) is 0 Å². The van der Waals surface area contributed by atoms with E-state index >= 15 is 0 Å². The maximum atomic E-state index is 5.86. The largest absolute Gasteiger partial charge is 0.373 e. The second kappa shape index (κ2) is 5.15. The molecule has 1 unspecified atom stereocenters. The summed E-state index contributed by atoms with van der Waals surface area (Å²) < 4.78 is 5.86. The quantitative estimate of drug-likeness (QED) is 0.785. The topological polar surface area (TPSA) is 21.3 Å². The van der Waals surface area contributed by atoms with Crippen LogP contribution in [0.5, 0.6) is 0 Å². The fraction of sp³-hybridized carbons (Fsp3) is 0.818. The Morgan fingerprint density at radius 1 is 1.64 bits per heavy atom. The summed E-state index contributed by atoms with van der Waals surface area (Å²) in [5.41, 5.74) is 2.90. The van der Waals surface area contributed by atoms with Gasteiger partial charge in [0, 0.05) is 17.5 Å². The fourth-order valence-corrected chi connectivity index (χ4v) is 1.78. The maximum Gasteiger partial charge on any atom is 0.0689 e. The van der Waals surface area contributed by atoms with E-state index in [4.69, 9.17) is 16.3 Å². The Morgan fingerprint density at radius 3 is 2.93 bits per heavy atom. The van der Waals surface area contributed by atoms with Crippen LogP contribution in [-0.4, -0.2) is 25.8 Å². The first-order valence-electron chi connectivity index (χ1n) is 5.14. The van der Waals surface area contributed by atoms with Gasteiger partial charge in [0.25, 0.3) is 0 Å². The second-order valence-corrected chi connectivity index (χ2v) is 4.93. The van der Waals surface area contributed by atoms with E-state index in [1.165, 1.54) is 0 Å². The van der Waals surface area contributed by atoms with Gasteiger partial charge >= 0.3 is 0 Å². The molecule has 2 nitrogen and oxygen atoms in total. The van der Waals surface area contributed by atoms with Crippen LogP contribution in [0.1, 0.15) is 27.2 Å². The van der Waals surface area contributed by atoms with Gasteiger partial charge in [0.2, 0.25) is 0 Å². The van der Waals surface area contributed by atoms with E-state index in [2.05, 4.69) is 19.2 Å². The van der Waals surface area contributed by atoms with E-state index in [0.29, 0.717) is 12.7 Å². The molecule has 0 bridgehead atoms. The molecule has 0 amide bonds. The predicted octanol–water partition coefficient (Wildman–Crippen LogP) is 2.53. The number of ether oxygens (including phenoxy) is 1. The van der Waals surface area contributed by atoms with Gasteiger partial charge in [-0.15, -0.1) is 0 Å². The van der Waals surface area contributed by atoms with Crippen LogP contribution in [-0.2, 0) is 4.74 Å². The van der Waals surface area contributed by atoms with Crippen LogP contribution in [0.2, 0.25) is 0 Å². The Kier molecular flexibility index (Phi) is 4.42. The van der Waals surface area contributed by atoms with E-state index in [9.17, 15) is 0 Å². The first-order chi connectivity index (χ1) is 6.56. The summed E-state index contributed by atoms with van der Waals surface area (Å²) in [5, 5.41) is 3.39. The Balaban J connectivity index is 2.42. The Labute approximate surface area is 91.7 Å². The SMILES string of the molecule is C/C(=C\Cl)COC1CCNCC1(C)C. The number of piperidine rings is 1. The Bertz CT molecular complexity index is 213. The summed E-state index contributed by atoms with van der Waals surface area (Å²) in [6.07, 6.45) is 1.43. The highest BCUT2D eigenvalue weighted by Crippen LogP contribution is 2.28. The molecule has 3 heteroatoms. The third-order valence-corrected chi connectivity index (χ3v) is 3.11. The van der Waals surface area contributed by atoms with Crippen LogP contribution < -0.4 is 5.32 Å². The molecule has 1 heterocycles. The van der Waals surface area contributed by atoms with Crippen molar-refractivity contribution in [2.75, 3.05) is 19.7 Å². The van der Waals surface area contributed by atoms with Crippen molar-refractivity contribution in [1.29, 1.82) is 0 Å². The van der Waals surface area contributed by atoms with E-state index in [1.807, 2.05) is 6.92 Å². The van der Waals surface area contributed by atoms with Crippen LogP contribution >= 0.6 is 11.6 Å². The minimum atomic E-state index is 0.227. The molecular weight excluding hydrogens is 198 g/mol. The third-order valence-electron chi connectivity index (χ3n) is 2.73. The van der Waals surface area contributed by atoms with Crippen LogP contribution in [0, 0.1) is 5.41 Å². The molecule has 1 N–H and O–H groups in total. The molecule has 0 aromatic heterocycles. The molecule has 82 valence electrons. The van der Waals surface area contributed by atoms with Crippen LogP contribution in [0.25, 0.3) is 0 Å². The van der Waals surface area contributed by atoms with Crippen LogP contribution in [0.3, 0.4) is 0 Å². The lowest BCUT2D eigenvalue weighted by Crippen LogP contribution is -2.47. The van der Waals surface area contributed by atoms with Crippen molar-refractivity contribution < 1.29 is 4.74 Å². The van der Waals surface area contributed by atoms with Crippen molar-refractivity contribution >= 4 is 11.6 Å². The molecule has 1 atom stereocenters. The van der Waals surface area contributed by atoms with E-state index in [0.717, 1.165) is 25.1 Å². The van der Waals surface area contributed by atoms with Crippen LogP contribution in [0.15, 0.2) is 11.1 Å². The molecule has 14 heavy (non-hydrogen) atoms. The molecular formula is C11H20ClNO. The smallest absolute Gasteiger partial charge is 0.0689 e. The van der Waals surface area contributed by atoms with Gasteiger partial charge in [0.15, 0.2) is 0 Å². The summed E-state index contributed by atoms with van der Waals surface area (Å²) >= 11 is 5.59. The number of hydrogen-bond acceptors (Lipinski definition) is 2. The number of nitrogens with one attached hydrogen (secondary N) is 1. The molecule has 0 aromatic rings. The summed E-state index contributed by atoms with van der Waals surface area (Å²) in [4.78, 5) is 0. The summed E-state index contributed by atoms with van der Waals surface area (Å²) in [5.74, 6) is 0. The highest BCUT2D eigenvalue weighted by atomic mass is 35.5. The molecule has 0 saturated carbocycles. The monoisotopic (exact) mass is 217 g/mol. The van der Waals surface area contributed by atoms with Gasteiger partial charge in [-0.05, 0) is 25.5 Å². The zero-order chi connectivity index (χ0) is 10.6. The van der Waals surface area contributed by atoms with Gasteiger partial charge in [-0.25, -0.2) is 0 Å². The lowest BCUT2D eigenvalue weighted by molar-refractivity contribution is -0.0330. The molecule has 0 aromatic carbocycles. The van der Waals surface area contributed by atoms with E-state index < -0.39 is 0 Å². The fourth-order valence-electron chi connectivity index (χ4n) is 1.72. The zero-order valence-electron chi connectivity index (χ0n) is 9.27. The van der Waals surface area contributed by atoms with Crippen LogP contribution in [0.4, 0.5) is 0 Å². The average Bonchev–Trinajstić information content (AvgIpc) is 2.15. The van der Waals surface area contributed by atoms with Crippen molar-refractivity contribution in [2.45, 2.75) is 33.3 Å². The molecule has 1 fully saturated rings. The maximum absolute atomic E-state index is 5.86. The number of rotatable bonds is 3. The summed E-state index contributed by atoms with van der Waals surface area (Å²) in [6, 6.07) is 0. The van der Waals surface area contributed by atoms with Crippen molar-refractivity contribution in [3.05, 3.63) is 11.1 Å².